The van der Waals surface area contributed by atoms with Gasteiger partial charge in [0.1, 0.15) is 5.76 Å². The van der Waals surface area contributed by atoms with E-state index < -0.39 is 0 Å². The lowest BCUT2D eigenvalue weighted by Crippen LogP contribution is -2.45. The zero-order chi connectivity index (χ0) is 93.2. The van der Waals surface area contributed by atoms with Crippen molar-refractivity contribution in [1.29, 1.82) is 0 Å². The van der Waals surface area contributed by atoms with Crippen molar-refractivity contribution in [2.45, 2.75) is 156 Å². The van der Waals surface area contributed by atoms with E-state index in [1.165, 1.54) is 17.7 Å². The Morgan fingerprint density at radius 2 is 0.837 bits per heavy atom. The molecule has 46 heteroatoms. The van der Waals surface area contributed by atoms with E-state index in [4.69, 9.17) is 69.9 Å². The van der Waals surface area contributed by atoms with Crippen molar-refractivity contribution < 1.29 is 28.5 Å². The molecule has 704 valence electrons. The highest BCUT2D eigenvalue weighted by atomic mass is 16.7. The molecule has 9 aliphatic rings. The standard InChI is InChI=1S/C14H19N5O2.C13H19N5O2.C13H19N5.2C11H17N5O.C9H19N5.C7H15N5.C5H11N5/c1-9-7-17-13(15)19-14(18-9)16-5-4-10-2-3-11-12(6-10)21-8-20-11;1-8-7-16-12(14)18-13(17-8)15-5-4-9-2-3-10(19)11(20)6-9;1-10-9-16-12(14)18-13(17-10)15-8-7-11-5-3-2-4-6-11;1-8-6-14-10(12)16-11(15-8)13-4-2-9-3-5-17-7-9;1-8-7-14-10(12)16-11(15-8)13-5-4-9-3-2-6-17-9;1-3-4-5-11-9-13-7(2)6-12-8(10)14-9;1-5-4-9-6(8)11-7(10-5)12(2)3;1-3-2-8-4(6)10-5(7)9-3/h2-3,6,9H,4-5,7-8H2,1H3,(H4,15,16,17,18,19);2-3,6,8,19-20H,4-5,7H2,1H3,(H4,14,15,16,17,18);2-6,10H,7-9H2,1H3,(H4,14,15,16,17,18);3,5,7-8H,2,4,6H2,1H3,(H4,12,13,14,15,16);2-3,6,8H,4-5,7H2,1H3,(H4,12,13,14,15,16);7H,3-6H2,1-2H3,(H4,10,11,12,13,14);5H,4H2,1-3H3,(H3,8,9,10,11);3H,2H2,1H3,(H5,6,7,8,9,10). The van der Waals surface area contributed by atoms with Gasteiger partial charge in [0, 0.05) is 103 Å². The molecule has 0 bridgehead atoms. The number of hydrogen-bond acceptors (Lipinski definition) is 34. The minimum absolute atomic E-state index is 0.119. The monoisotopic (exact) mass is 1790 g/mol. The average Bonchev–Trinajstić information content (AvgIpc) is 1.70. The Balaban J connectivity index is 0.000000204. The number of nitrogens with one attached hydrogen (secondary N) is 14. The highest BCUT2D eigenvalue weighted by Gasteiger charge is 2.19. The maximum absolute atomic E-state index is 9.41. The Labute approximate surface area is 754 Å². The number of fused-ring (bicyclic) bond motifs is 1. The number of aliphatic imine (C=N–C) groups is 16. The number of guanidine groups is 16. The van der Waals surface area contributed by atoms with Crippen LogP contribution in [0.1, 0.15) is 103 Å². The molecule has 0 saturated heterocycles. The summed E-state index contributed by atoms with van der Waals surface area (Å²) in [7, 11) is 3.83. The predicted molar refractivity (Wildman–Crippen MR) is 518 cm³/mol. The van der Waals surface area contributed by atoms with E-state index in [0.29, 0.717) is 181 Å². The molecule has 0 amide bonds. The van der Waals surface area contributed by atoms with Crippen molar-refractivity contribution >= 4 is 95.4 Å². The van der Waals surface area contributed by atoms with Crippen LogP contribution >= 0.6 is 0 Å². The first kappa shape index (κ1) is 101. The van der Waals surface area contributed by atoms with E-state index in [0.717, 1.165) is 98.1 Å². The molecule has 14 rings (SSSR count). The second kappa shape index (κ2) is 55.6. The minimum atomic E-state index is -0.120. The molecule has 8 atom stereocenters. The van der Waals surface area contributed by atoms with Gasteiger partial charge >= 0.3 is 0 Å². The number of ether oxygens (including phenoxy) is 2. The molecule has 0 fully saturated rings. The molecule has 2 aromatic heterocycles. The molecule has 0 aliphatic carbocycles. The van der Waals surface area contributed by atoms with Gasteiger partial charge < -0.3 is 122 Å². The van der Waals surface area contributed by atoms with Crippen molar-refractivity contribution in [2.24, 2.45) is 131 Å². The summed E-state index contributed by atoms with van der Waals surface area (Å²) in [4.78, 5) is 69.6. The number of benzene rings is 3. The molecule has 9 aliphatic heterocycles. The number of furan rings is 2. The lowest BCUT2D eigenvalue weighted by Gasteiger charge is -2.15. The summed E-state index contributed by atoms with van der Waals surface area (Å²) in [5.74, 6) is 10.6. The molecule has 3 aromatic carbocycles. The van der Waals surface area contributed by atoms with Gasteiger partial charge in [-0.1, -0.05) is 55.8 Å². The number of phenolic OH excluding ortho intramolecular Hbond substituents is 2. The summed E-state index contributed by atoms with van der Waals surface area (Å²) in [6.45, 7) is 27.8. The van der Waals surface area contributed by atoms with Crippen LogP contribution in [-0.2, 0) is 32.1 Å². The van der Waals surface area contributed by atoms with Gasteiger partial charge in [0.15, 0.2) is 106 Å². The molecule has 0 radical (unpaired) electrons. The molecule has 5 aromatic rings. The van der Waals surface area contributed by atoms with Crippen LogP contribution < -0.4 is 136 Å². The van der Waals surface area contributed by atoms with E-state index in [1.54, 1.807) is 24.9 Å². The van der Waals surface area contributed by atoms with Gasteiger partial charge in [-0.15, -0.1) is 0 Å². The first-order chi connectivity index (χ1) is 62.0. The smallest absolute Gasteiger partial charge is 0.231 e. The third kappa shape index (κ3) is 42.3. The topological polar surface area (TPSA) is 689 Å². The number of nitrogens with zero attached hydrogens (tertiary/aromatic N) is 17. The zero-order valence-corrected chi connectivity index (χ0v) is 75.8. The van der Waals surface area contributed by atoms with E-state index >= 15 is 0 Å². The average molecular weight is 1790 g/mol. The van der Waals surface area contributed by atoms with Gasteiger partial charge in [-0.2, -0.15) is 4.99 Å². The SMILES string of the molecule is CC1CN=C(N)NC(=NCCc2ccc(O)c(O)c2)N1.CC1CN=C(N)NC(=NCCc2ccc3c(c2)OCO3)N1.CC1CN=C(N)NC(=NCCc2ccccc2)N1.CC1CN=C(N)NC(=NCCc2ccco2)N1.CC1CN=C(N)NC(=NCCc2ccoc2)N1.CC1CN=C(N)NC(N(C)C)=N1.CC1CN=C(N)NC(N)=N1.CCCCN=C1N=C(N)NCC(C)N1. The lowest BCUT2D eigenvalue weighted by atomic mass is 10.1. The fraction of sp³-hybridized carbons (Fsp3) is 0.494. The van der Waals surface area contributed by atoms with E-state index in [9.17, 15) is 10.2 Å². The first-order valence-corrected chi connectivity index (χ1v) is 42.9. The Morgan fingerprint density at radius 3 is 1.30 bits per heavy atom. The summed E-state index contributed by atoms with van der Waals surface area (Å²) in [5.41, 5.74) is 54.8. The fourth-order valence-corrected chi connectivity index (χ4v) is 11.5. The highest BCUT2D eigenvalue weighted by Crippen LogP contribution is 2.32. The molecule has 46 nitrogen and oxygen atoms in total. The van der Waals surface area contributed by atoms with Crippen LogP contribution in [0.3, 0.4) is 0 Å². The van der Waals surface area contributed by atoms with Crippen LogP contribution in [0.15, 0.2) is 192 Å². The normalized spacial score (nSPS) is 22.7. The van der Waals surface area contributed by atoms with Crippen LogP contribution in [0.5, 0.6) is 23.0 Å². The van der Waals surface area contributed by atoms with Crippen LogP contribution in [0.4, 0.5) is 0 Å². The highest BCUT2D eigenvalue weighted by molar-refractivity contribution is 6.02. The Kier molecular flexibility index (Phi) is 43.7. The summed E-state index contributed by atoms with van der Waals surface area (Å²) >= 11 is 0. The number of phenols is 2. The first-order valence-electron chi connectivity index (χ1n) is 42.9. The maximum Gasteiger partial charge on any atom is 0.231 e. The Bertz CT molecular complexity index is 4660. The Hall–Kier alpha value is -14.7. The van der Waals surface area contributed by atoms with Crippen LogP contribution in [-0.4, -0.2) is 271 Å². The number of unbranched alkanes of at least 4 members (excludes halogenated alkanes) is 1. The lowest BCUT2D eigenvalue weighted by molar-refractivity contribution is 0.174. The largest absolute Gasteiger partial charge is 0.504 e. The van der Waals surface area contributed by atoms with Crippen molar-refractivity contribution in [1.82, 2.24) is 79.3 Å². The van der Waals surface area contributed by atoms with Crippen molar-refractivity contribution in [2.75, 3.05) is 113 Å². The Morgan fingerprint density at radius 1 is 0.395 bits per heavy atom. The van der Waals surface area contributed by atoms with Gasteiger partial charge in [0.25, 0.3) is 0 Å². The number of hydrogen-bond donors (Lipinski definition) is 25. The number of nitrogens with two attached hydrogens (primary N) is 9. The molecule has 0 spiro atoms. The van der Waals surface area contributed by atoms with Gasteiger partial charge in [0.2, 0.25) is 18.7 Å². The molecular weight excluding hydrogens is 1650 g/mol. The fourth-order valence-electron chi connectivity index (χ4n) is 11.5. The quantitative estimate of drug-likeness (QED) is 0.0354. The summed E-state index contributed by atoms with van der Waals surface area (Å²) in [6, 6.07) is 28.4. The second-order valence-corrected chi connectivity index (χ2v) is 30.8. The molecule has 0 saturated carbocycles. The van der Waals surface area contributed by atoms with Gasteiger partial charge in [0.05, 0.1) is 76.7 Å². The molecule has 34 N–H and O–H groups in total. The maximum atomic E-state index is 9.41. The molecule has 8 unspecified atom stereocenters. The van der Waals surface area contributed by atoms with Gasteiger partial charge in [-0.05, 0) is 152 Å². The summed E-state index contributed by atoms with van der Waals surface area (Å²) in [5, 5.41) is 61.1. The zero-order valence-electron chi connectivity index (χ0n) is 75.8. The molecular formula is C83H136N40O6. The number of aromatic hydroxyl groups is 2. The van der Waals surface area contributed by atoms with Crippen LogP contribution in [0.25, 0.3) is 0 Å². The van der Waals surface area contributed by atoms with Crippen molar-refractivity contribution in [3.63, 3.8) is 0 Å². The van der Waals surface area contributed by atoms with Crippen molar-refractivity contribution in [3.8, 4) is 23.0 Å². The summed E-state index contributed by atoms with van der Waals surface area (Å²) in [6.07, 6.45) is 11.3. The third-order valence-electron chi connectivity index (χ3n) is 18.3. The van der Waals surface area contributed by atoms with E-state index in [-0.39, 0.29) is 53.8 Å². The van der Waals surface area contributed by atoms with E-state index in [2.05, 4.69) is 187 Å². The van der Waals surface area contributed by atoms with Crippen molar-refractivity contribution in [3.05, 3.63) is 132 Å². The summed E-state index contributed by atoms with van der Waals surface area (Å²) < 4.78 is 20.9. The molecule has 129 heavy (non-hydrogen) atoms. The van der Waals surface area contributed by atoms with Crippen LogP contribution in [0.2, 0.25) is 0 Å². The minimum Gasteiger partial charge on any atom is -0.504 e. The predicted octanol–water partition coefficient (Wildman–Crippen LogP) is -1.41. The van der Waals surface area contributed by atoms with Gasteiger partial charge in [-0.25, -0.2) is 9.98 Å². The molecule has 11 heterocycles. The third-order valence-corrected chi connectivity index (χ3v) is 18.3. The van der Waals surface area contributed by atoms with E-state index in [1.807, 2.05) is 115 Å². The number of rotatable bonds is 18. The second-order valence-electron chi connectivity index (χ2n) is 30.8. The van der Waals surface area contributed by atoms with Crippen LogP contribution in [0, 0.1) is 0 Å². The van der Waals surface area contributed by atoms with Gasteiger partial charge in [-0.3, -0.25) is 102 Å².